The van der Waals surface area contributed by atoms with Crippen molar-refractivity contribution in [1.29, 1.82) is 5.26 Å². The summed E-state index contributed by atoms with van der Waals surface area (Å²) in [4.78, 5) is 25.8. The molecule has 0 saturated heterocycles. The van der Waals surface area contributed by atoms with Crippen LogP contribution in [0.3, 0.4) is 0 Å². The fourth-order valence-corrected chi connectivity index (χ4v) is 2.35. The topological polar surface area (TPSA) is 82.4 Å². The number of benzene rings is 2. The van der Waals surface area contributed by atoms with Crippen molar-refractivity contribution in [3.63, 3.8) is 0 Å². The number of carbonyl (C=O) groups is 2. The van der Waals surface area contributed by atoms with Gasteiger partial charge >= 0.3 is 12.1 Å². The molecule has 0 aliphatic heterocycles. The lowest BCUT2D eigenvalue weighted by molar-refractivity contribution is -0.142. The molecule has 2 aromatic rings. The van der Waals surface area contributed by atoms with Gasteiger partial charge in [0, 0.05) is 25.5 Å². The number of carbonyl (C=O) groups excluding carboxylic acids is 2. The molecule has 0 spiro atoms. The van der Waals surface area contributed by atoms with Crippen molar-refractivity contribution in [2.24, 2.45) is 0 Å². The van der Waals surface area contributed by atoms with Gasteiger partial charge in [-0.05, 0) is 42.0 Å². The molecule has 2 rings (SSSR count). The van der Waals surface area contributed by atoms with Crippen LogP contribution in [0.4, 0.5) is 24.5 Å². The molecule has 6 nitrogen and oxygen atoms in total. The maximum Gasteiger partial charge on any atom is 0.416 e. The Kier molecular flexibility index (Phi) is 7.20. The van der Waals surface area contributed by atoms with Gasteiger partial charge in [-0.1, -0.05) is 18.2 Å². The number of ether oxygens (including phenoxy) is 1. The van der Waals surface area contributed by atoms with Crippen molar-refractivity contribution in [3.05, 3.63) is 65.2 Å². The summed E-state index contributed by atoms with van der Waals surface area (Å²) < 4.78 is 42.9. The number of alkyl halides is 3. The van der Waals surface area contributed by atoms with Crippen LogP contribution in [0.1, 0.15) is 11.1 Å². The highest BCUT2D eigenvalue weighted by Crippen LogP contribution is 2.30. The largest absolute Gasteiger partial charge is 0.451 e. The van der Waals surface area contributed by atoms with Crippen LogP contribution in [0.15, 0.2) is 54.1 Å². The monoisotopic (exact) mass is 417 g/mol. The lowest BCUT2D eigenvalue weighted by atomic mass is 10.1. The average Bonchev–Trinajstić information content (AvgIpc) is 2.70. The third-order valence-corrected chi connectivity index (χ3v) is 3.87. The Morgan fingerprint density at radius 3 is 2.40 bits per heavy atom. The number of halogens is 3. The van der Waals surface area contributed by atoms with Gasteiger partial charge in [0.05, 0.1) is 5.56 Å². The summed E-state index contributed by atoms with van der Waals surface area (Å²) >= 11 is 0. The molecule has 0 radical (unpaired) electrons. The van der Waals surface area contributed by atoms with Crippen LogP contribution >= 0.6 is 0 Å². The number of amides is 1. The first kappa shape index (κ1) is 22.5. The third-order valence-electron chi connectivity index (χ3n) is 3.87. The van der Waals surface area contributed by atoms with Crippen molar-refractivity contribution in [2.45, 2.75) is 6.18 Å². The van der Waals surface area contributed by atoms with E-state index in [-0.39, 0.29) is 11.3 Å². The third kappa shape index (κ3) is 6.38. The van der Waals surface area contributed by atoms with Gasteiger partial charge in [0.15, 0.2) is 6.61 Å². The highest BCUT2D eigenvalue weighted by atomic mass is 19.4. The van der Waals surface area contributed by atoms with E-state index in [1.165, 1.54) is 12.1 Å². The second-order valence-corrected chi connectivity index (χ2v) is 6.36. The van der Waals surface area contributed by atoms with Crippen molar-refractivity contribution >= 4 is 29.3 Å². The molecule has 156 valence electrons. The first-order chi connectivity index (χ1) is 14.1. The maximum atomic E-state index is 12.7. The zero-order valence-electron chi connectivity index (χ0n) is 16.2. The van der Waals surface area contributed by atoms with Crippen LogP contribution < -0.4 is 10.2 Å². The Labute approximate surface area is 171 Å². The minimum atomic E-state index is -4.55. The molecular formula is C21H18F3N3O3. The Bertz CT molecular complexity index is 991. The molecule has 0 fully saturated rings. The Morgan fingerprint density at radius 1 is 1.17 bits per heavy atom. The van der Waals surface area contributed by atoms with Gasteiger partial charge in [0.2, 0.25) is 0 Å². The molecule has 0 aromatic heterocycles. The molecular weight excluding hydrogens is 399 g/mol. The van der Waals surface area contributed by atoms with Gasteiger partial charge in [-0.3, -0.25) is 4.79 Å². The average molecular weight is 417 g/mol. The van der Waals surface area contributed by atoms with E-state index in [9.17, 15) is 28.0 Å². The molecule has 0 aliphatic carbocycles. The van der Waals surface area contributed by atoms with E-state index >= 15 is 0 Å². The Balaban J connectivity index is 1.98. The van der Waals surface area contributed by atoms with Crippen molar-refractivity contribution < 1.29 is 27.5 Å². The Morgan fingerprint density at radius 2 is 1.83 bits per heavy atom. The summed E-state index contributed by atoms with van der Waals surface area (Å²) in [5, 5.41) is 11.4. The van der Waals surface area contributed by atoms with E-state index in [2.05, 4.69) is 5.32 Å². The van der Waals surface area contributed by atoms with Gasteiger partial charge in [0.1, 0.15) is 11.6 Å². The normalized spacial score (nSPS) is 11.4. The number of hydrogen-bond acceptors (Lipinski definition) is 5. The van der Waals surface area contributed by atoms with Crippen LogP contribution in [0.25, 0.3) is 6.08 Å². The fraction of sp³-hybridized carbons (Fsp3) is 0.190. The van der Waals surface area contributed by atoms with E-state index in [1.807, 2.05) is 19.0 Å². The summed E-state index contributed by atoms with van der Waals surface area (Å²) in [5.74, 6) is -1.86. The summed E-state index contributed by atoms with van der Waals surface area (Å²) in [5.41, 5.74) is 0.177. The summed E-state index contributed by atoms with van der Waals surface area (Å²) in [6.45, 7) is -0.756. The van der Waals surface area contributed by atoms with E-state index in [1.54, 1.807) is 30.3 Å². The molecule has 0 saturated carbocycles. The van der Waals surface area contributed by atoms with Crippen molar-refractivity contribution in [2.75, 3.05) is 30.9 Å². The van der Waals surface area contributed by atoms with E-state index < -0.39 is 30.2 Å². The molecule has 2 aromatic carbocycles. The molecule has 1 N–H and O–H groups in total. The lowest BCUT2D eigenvalue weighted by Crippen LogP contribution is -2.21. The van der Waals surface area contributed by atoms with Crippen LogP contribution in [0, 0.1) is 11.3 Å². The molecule has 30 heavy (non-hydrogen) atoms. The molecule has 0 unspecified atom stereocenters. The number of nitriles is 1. The second kappa shape index (κ2) is 9.60. The zero-order chi connectivity index (χ0) is 22.3. The molecule has 1 amide bonds. The second-order valence-electron chi connectivity index (χ2n) is 6.36. The lowest BCUT2D eigenvalue weighted by Gasteiger charge is -2.12. The molecule has 9 heteroatoms. The van der Waals surface area contributed by atoms with E-state index in [0.29, 0.717) is 5.56 Å². The van der Waals surface area contributed by atoms with Gasteiger partial charge in [-0.25, -0.2) is 4.79 Å². The van der Waals surface area contributed by atoms with Gasteiger partial charge < -0.3 is 15.0 Å². The summed E-state index contributed by atoms with van der Waals surface area (Å²) in [7, 11) is 3.74. The first-order valence-electron chi connectivity index (χ1n) is 8.63. The number of rotatable bonds is 6. The van der Waals surface area contributed by atoms with Gasteiger partial charge in [0.25, 0.3) is 5.91 Å². The summed E-state index contributed by atoms with van der Waals surface area (Å²) in [6.07, 6.45) is -3.24. The SMILES string of the molecule is CN(C)c1ccc(/C=C(\C#N)C(=O)OCC(=O)Nc2cccc(C(F)(F)F)c2)cc1. The first-order valence-corrected chi connectivity index (χ1v) is 8.63. The van der Waals surface area contributed by atoms with Gasteiger partial charge in [-0.15, -0.1) is 0 Å². The number of esters is 1. The van der Waals surface area contributed by atoms with Crippen LogP contribution in [0.2, 0.25) is 0 Å². The molecule has 0 bridgehead atoms. The van der Waals surface area contributed by atoms with Crippen molar-refractivity contribution in [1.82, 2.24) is 0 Å². The molecule has 0 atom stereocenters. The minimum absolute atomic E-state index is 0.0945. The van der Waals surface area contributed by atoms with Crippen molar-refractivity contribution in [3.8, 4) is 6.07 Å². The minimum Gasteiger partial charge on any atom is -0.451 e. The van der Waals surface area contributed by atoms with Crippen LogP contribution in [-0.4, -0.2) is 32.6 Å². The maximum absolute atomic E-state index is 12.7. The number of nitrogens with one attached hydrogen (secondary N) is 1. The standard InChI is InChI=1S/C21H18F3N3O3/c1-27(2)18-8-6-14(7-9-18)10-15(12-25)20(29)30-13-19(28)26-17-5-3-4-16(11-17)21(22,23)24/h3-11H,13H2,1-2H3,(H,26,28)/b15-10+. The van der Waals surface area contributed by atoms with Gasteiger partial charge in [-0.2, -0.15) is 18.4 Å². The molecule has 0 heterocycles. The molecule has 0 aliphatic rings. The Hall–Kier alpha value is -3.80. The number of hydrogen-bond donors (Lipinski definition) is 1. The summed E-state index contributed by atoms with van der Waals surface area (Å²) in [6, 6.07) is 12.8. The predicted molar refractivity (Wildman–Crippen MR) is 105 cm³/mol. The fourth-order valence-electron chi connectivity index (χ4n) is 2.35. The van der Waals surface area contributed by atoms with E-state index in [4.69, 9.17) is 4.74 Å². The highest BCUT2D eigenvalue weighted by molar-refractivity contribution is 6.00. The van der Waals surface area contributed by atoms with Crippen LogP contribution in [0.5, 0.6) is 0 Å². The highest BCUT2D eigenvalue weighted by Gasteiger charge is 2.30. The smallest absolute Gasteiger partial charge is 0.416 e. The van der Waals surface area contributed by atoms with E-state index in [0.717, 1.165) is 23.9 Å². The number of nitrogens with zero attached hydrogens (tertiary/aromatic N) is 2. The van der Waals surface area contributed by atoms with Crippen LogP contribution in [-0.2, 0) is 20.5 Å². The zero-order valence-corrected chi connectivity index (χ0v) is 16.2. The number of anilines is 2. The predicted octanol–water partition coefficient (Wildman–Crippen LogP) is 3.86. The quantitative estimate of drug-likeness (QED) is 0.439.